The van der Waals surface area contributed by atoms with Crippen LogP contribution in [0.1, 0.15) is 17.6 Å². The minimum atomic E-state index is -0.801. The third-order valence-corrected chi connectivity index (χ3v) is 3.03. The Morgan fingerprint density at radius 3 is 2.68 bits per heavy atom. The lowest BCUT2D eigenvalue weighted by Gasteiger charge is -2.22. The lowest BCUT2D eigenvalue weighted by molar-refractivity contribution is -0.136. The van der Waals surface area contributed by atoms with Crippen molar-refractivity contribution in [1.29, 1.82) is 0 Å². The summed E-state index contributed by atoms with van der Waals surface area (Å²) in [6.45, 7) is 1.93. The predicted molar refractivity (Wildman–Crippen MR) is 78.0 cm³/mol. The average molecular weight is 306 g/mol. The van der Waals surface area contributed by atoms with E-state index in [0.717, 1.165) is 0 Å². The number of aryl methyl sites for hydroxylation is 1. The van der Waals surface area contributed by atoms with E-state index in [1.807, 2.05) is 25.1 Å². The van der Waals surface area contributed by atoms with Gasteiger partial charge in [-0.15, -0.1) is 0 Å². The molecule has 0 aliphatic heterocycles. The molecule has 1 unspecified atom stereocenters. The molecule has 0 spiro atoms. The number of aromatic nitrogens is 1. The Labute approximate surface area is 127 Å². The van der Waals surface area contributed by atoms with Gasteiger partial charge >= 0.3 is 11.8 Å². The predicted octanol–water partition coefficient (Wildman–Crippen LogP) is 0.934. The molecule has 2 N–H and O–H groups in total. The Morgan fingerprint density at radius 1 is 1.36 bits per heavy atom. The number of carbonyl (C=O) groups excluding carboxylic acids is 2. The number of anilines is 1. The Balaban J connectivity index is 1.89. The van der Waals surface area contributed by atoms with Gasteiger partial charge in [-0.05, 0) is 33.2 Å². The summed E-state index contributed by atoms with van der Waals surface area (Å²) < 4.78 is 10.1. The third-order valence-electron chi connectivity index (χ3n) is 3.03. The van der Waals surface area contributed by atoms with Crippen molar-refractivity contribution in [2.24, 2.45) is 0 Å². The molecule has 0 saturated heterocycles. The zero-order valence-corrected chi connectivity index (χ0v) is 12.6. The van der Waals surface area contributed by atoms with Crippen LogP contribution in [0.3, 0.4) is 0 Å². The van der Waals surface area contributed by atoms with E-state index in [1.165, 1.54) is 6.07 Å². The van der Waals surface area contributed by atoms with E-state index in [-0.39, 0.29) is 18.4 Å². The quantitative estimate of drug-likeness (QED) is 0.797. The third kappa shape index (κ3) is 3.95. The minimum absolute atomic E-state index is 0.166. The van der Waals surface area contributed by atoms with Crippen LogP contribution in [-0.2, 0) is 9.59 Å². The monoisotopic (exact) mass is 306 g/mol. The summed E-state index contributed by atoms with van der Waals surface area (Å²) in [5.41, 5.74) is 0. The van der Waals surface area contributed by atoms with Crippen LogP contribution < -0.4 is 10.6 Å². The highest BCUT2D eigenvalue weighted by atomic mass is 16.5. The second-order valence-electron chi connectivity index (χ2n) is 4.98. The molecule has 2 amide bonds. The summed E-state index contributed by atoms with van der Waals surface area (Å²) in [5, 5.41) is 8.52. The van der Waals surface area contributed by atoms with E-state index in [2.05, 4.69) is 15.8 Å². The number of amides is 2. The lowest BCUT2D eigenvalue weighted by Crippen LogP contribution is -2.40. The van der Waals surface area contributed by atoms with Gasteiger partial charge in [0.15, 0.2) is 5.82 Å². The van der Waals surface area contributed by atoms with Crippen LogP contribution in [0, 0.1) is 6.92 Å². The topological polar surface area (TPSA) is 101 Å². The molecule has 0 aromatic carbocycles. The SMILES string of the molecule is Cc1cc(NC(=O)C(=O)NCC(c2ccco2)N(C)C)no1. The van der Waals surface area contributed by atoms with E-state index in [1.54, 1.807) is 19.3 Å². The second-order valence-corrected chi connectivity index (χ2v) is 4.98. The lowest BCUT2D eigenvalue weighted by atomic mass is 10.2. The van der Waals surface area contributed by atoms with Gasteiger partial charge in [-0.1, -0.05) is 5.16 Å². The fourth-order valence-electron chi connectivity index (χ4n) is 1.89. The molecule has 0 saturated carbocycles. The molecule has 8 nitrogen and oxygen atoms in total. The van der Waals surface area contributed by atoms with Crippen molar-refractivity contribution >= 4 is 17.6 Å². The van der Waals surface area contributed by atoms with Gasteiger partial charge in [0.1, 0.15) is 11.5 Å². The fraction of sp³-hybridized carbons (Fsp3) is 0.357. The summed E-state index contributed by atoms with van der Waals surface area (Å²) in [6, 6.07) is 4.94. The van der Waals surface area contributed by atoms with E-state index in [9.17, 15) is 9.59 Å². The number of likely N-dealkylation sites (N-methyl/N-ethyl adjacent to an activating group) is 1. The molecule has 118 valence electrons. The van der Waals surface area contributed by atoms with Gasteiger partial charge in [0, 0.05) is 12.6 Å². The smallest absolute Gasteiger partial charge is 0.314 e. The highest BCUT2D eigenvalue weighted by Gasteiger charge is 2.21. The molecular formula is C14H18N4O4. The maximum absolute atomic E-state index is 11.8. The number of carbonyl (C=O) groups is 2. The van der Waals surface area contributed by atoms with Gasteiger partial charge in [-0.3, -0.25) is 19.8 Å². The van der Waals surface area contributed by atoms with Crippen molar-refractivity contribution in [2.75, 3.05) is 26.0 Å². The number of nitrogens with zero attached hydrogens (tertiary/aromatic N) is 2. The zero-order chi connectivity index (χ0) is 16.1. The van der Waals surface area contributed by atoms with Gasteiger partial charge in [0.25, 0.3) is 0 Å². The van der Waals surface area contributed by atoms with E-state index >= 15 is 0 Å². The summed E-state index contributed by atoms with van der Waals surface area (Å²) >= 11 is 0. The Kier molecular flexibility index (Phi) is 4.95. The fourth-order valence-corrected chi connectivity index (χ4v) is 1.89. The molecule has 0 aliphatic rings. The molecule has 0 fully saturated rings. The second kappa shape index (κ2) is 6.90. The van der Waals surface area contributed by atoms with Crippen LogP contribution in [-0.4, -0.2) is 42.5 Å². The first-order chi connectivity index (χ1) is 10.5. The van der Waals surface area contributed by atoms with Gasteiger partial charge in [0.2, 0.25) is 0 Å². The largest absolute Gasteiger partial charge is 0.468 e. The number of rotatable bonds is 5. The first-order valence-corrected chi connectivity index (χ1v) is 6.69. The Hall–Kier alpha value is -2.61. The Bertz CT molecular complexity index is 633. The molecule has 0 bridgehead atoms. The van der Waals surface area contributed by atoms with Crippen LogP contribution in [0.5, 0.6) is 0 Å². The molecule has 0 radical (unpaired) electrons. The van der Waals surface area contributed by atoms with Gasteiger partial charge in [0.05, 0.1) is 12.3 Å². The van der Waals surface area contributed by atoms with Crippen molar-refractivity contribution in [3.8, 4) is 0 Å². The maximum Gasteiger partial charge on any atom is 0.314 e. The molecule has 8 heteroatoms. The molecule has 2 aromatic rings. The summed E-state index contributed by atoms with van der Waals surface area (Å²) in [7, 11) is 3.72. The van der Waals surface area contributed by atoms with Crippen molar-refractivity contribution in [3.63, 3.8) is 0 Å². The summed E-state index contributed by atoms with van der Waals surface area (Å²) in [6.07, 6.45) is 1.56. The van der Waals surface area contributed by atoms with Crippen LogP contribution in [0.4, 0.5) is 5.82 Å². The van der Waals surface area contributed by atoms with Crippen LogP contribution in [0.2, 0.25) is 0 Å². The number of hydrogen-bond acceptors (Lipinski definition) is 6. The van der Waals surface area contributed by atoms with Crippen LogP contribution in [0.25, 0.3) is 0 Å². The zero-order valence-electron chi connectivity index (χ0n) is 12.6. The van der Waals surface area contributed by atoms with Crippen molar-refractivity contribution in [3.05, 3.63) is 36.0 Å². The molecule has 22 heavy (non-hydrogen) atoms. The van der Waals surface area contributed by atoms with E-state index in [0.29, 0.717) is 11.5 Å². The van der Waals surface area contributed by atoms with Crippen molar-refractivity contribution in [1.82, 2.24) is 15.4 Å². The normalized spacial score (nSPS) is 12.2. The average Bonchev–Trinajstić information content (AvgIpc) is 3.10. The molecule has 2 aromatic heterocycles. The molecule has 0 aliphatic carbocycles. The number of hydrogen-bond donors (Lipinski definition) is 2. The molecule has 2 heterocycles. The summed E-state index contributed by atoms with van der Waals surface area (Å²) in [4.78, 5) is 25.5. The van der Waals surface area contributed by atoms with Crippen LogP contribution >= 0.6 is 0 Å². The number of nitrogens with one attached hydrogen (secondary N) is 2. The molecule has 1 atom stereocenters. The highest BCUT2D eigenvalue weighted by Crippen LogP contribution is 2.17. The van der Waals surface area contributed by atoms with Crippen molar-refractivity contribution in [2.45, 2.75) is 13.0 Å². The molecular weight excluding hydrogens is 288 g/mol. The first-order valence-electron chi connectivity index (χ1n) is 6.69. The van der Waals surface area contributed by atoms with Crippen molar-refractivity contribution < 1.29 is 18.5 Å². The minimum Gasteiger partial charge on any atom is -0.468 e. The van der Waals surface area contributed by atoms with Gasteiger partial charge in [-0.25, -0.2) is 0 Å². The number of furan rings is 1. The standard InChI is InChI=1S/C14H18N4O4/c1-9-7-12(17-22-9)16-14(20)13(19)15-8-10(18(2)3)11-5-4-6-21-11/h4-7,10H,8H2,1-3H3,(H,15,19)(H,16,17,20). The summed E-state index contributed by atoms with van der Waals surface area (Å²) in [5.74, 6) is -0.101. The van der Waals surface area contributed by atoms with E-state index < -0.39 is 11.8 Å². The van der Waals surface area contributed by atoms with E-state index in [4.69, 9.17) is 8.94 Å². The van der Waals surface area contributed by atoms with Crippen LogP contribution in [0.15, 0.2) is 33.4 Å². The van der Waals surface area contributed by atoms with Gasteiger partial charge in [-0.2, -0.15) is 0 Å². The Morgan fingerprint density at radius 2 is 2.14 bits per heavy atom. The first kappa shape index (κ1) is 15.8. The van der Waals surface area contributed by atoms with Gasteiger partial charge < -0.3 is 14.3 Å². The molecule has 2 rings (SSSR count). The maximum atomic E-state index is 11.8. The highest BCUT2D eigenvalue weighted by molar-refractivity contribution is 6.39.